The van der Waals surface area contributed by atoms with Gasteiger partial charge in [-0.15, -0.1) is 0 Å². The van der Waals surface area contributed by atoms with E-state index in [0.29, 0.717) is 32.2 Å². The number of nitrogens with zero attached hydrogens (tertiary/aromatic N) is 2. The number of carbonyl (C=O) groups excluding carboxylic acids is 2. The van der Waals surface area contributed by atoms with Gasteiger partial charge in [-0.1, -0.05) is 67.6 Å². The Labute approximate surface area is 237 Å². The molecule has 0 saturated heterocycles. The summed E-state index contributed by atoms with van der Waals surface area (Å²) in [5.41, 5.74) is 1.02. The highest BCUT2D eigenvalue weighted by atomic mass is 79.9. The summed E-state index contributed by atoms with van der Waals surface area (Å²) in [6.07, 6.45) is 6.50. The quantitative estimate of drug-likeness (QED) is 0.360. The van der Waals surface area contributed by atoms with E-state index in [9.17, 15) is 18.0 Å². The van der Waals surface area contributed by atoms with Crippen LogP contribution in [0.1, 0.15) is 51.0 Å². The molecule has 1 aliphatic rings. The van der Waals surface area contributed by atoms with Gasteiger partial charge in [0.15, 0.2) is 0 Å². The number of hydrogen-bond acceptors (Lipinski definition) is 4. The topological polar surface area (TPSA) is 86.8 Å². The van der Waals surface area contributed by atoms with Gasteiger partial charge in [0, 0.05) is 17.1 Å². The molecule has 1 unspecified atom stereocenters. The van der Waals surface area contributed by atoms with Gasteiger partial charge in [-0.3, -0.25) is 13.9 Å². The lowest BCUT2D eigenvalue weighted by Gasteiger charge is -2.34. The molecule has 0 aliphatic heterocycles. The third-order valence-corrected chi connectivity index (χ3v) is 9.01. The Kier molecular flexibility index (Phi) is 10.7. The molecule has 2 aromatic rings. The maximum absolute atomic E-state index is 13.8. The molecule has 0 spiro atoms. The maximum Gasteiger partial charge on any atom is 0.244 e. The molecular formula is C26H32BrCl2N3O4S. The monoisotopic (exact) mass is 631 g/mol. The zero-order chi connectivity index (χ0) is 27.2. The van der Waals surface area contributed by atoms with Crippen molar-refractivity contribution >= 4 is 66.7 Å². The fourth-order valence-electron chi connectivity index (χ4n) is 4.55. The van der Waals surface area contributed by atoms with Gasteiger partial charge < -0.3 is 10.2 Å². The van der Waals surface area contributed by atoms with Crippen LogP contribution in [0.25, 0.3) is 0 Å². The molecule has 1 atom stereocenters. The number of amides is 2. The molecule has 7 nitrogen and oxygen atoms in total. The lowest BCUT2D eigenvalue weighted by Crippen LogP contribution is -2.54. The highest BCUT2D eigenvalue weighted by Crippen LogP contribution is 2.29. The van der Waals surface area contributed by atoms with Crippen LogP contribution in [0.4, 0.5) is 5.69 Å². The van der Waals surface area contributed by atoms with E-state index in [2.05, 4.69) is 21.2 Å². The zero-order valence-electron chi connectivity index (χ0n) is 20.9. The molecule has 1 fully saturated rings. The van der Waals surface area contributed by atoms with Crippen molar-refractivity contribution in [1.82, 2.24) is 10.2 Å². The molecule has 1 saturated carbocycles. The van der Waals surface area contributed by atoms with E-state index in [-0.39, 0.29) is 18.5 Å². The summed E-state index contributed by atoms with van der Waals surface area (Å²) in [5, 5.41) is 3.82. The van der Waals surface area contributed by atoms with E-state index in [4.69, 9.17) is 23.2 Å². The number of halogens is 3. The Bertz CT molecular complexity index is 1220. The molecule has 0 heterocycles. The Morgan fingerprint density at radius 2 is 1.76 bits per heavy atom. The first kappa shape index (κ1) is 29.7. The van der Waals surface area contributed by atoms with E-state index >= 15 is 0 Å². The Balaban J connectivity index is 1.94. The Morgan fingerprint density at radius 1 is 1.08 bits per heavy atom. The second-order valence-corrected chi connectivity index (χ2v) is 12.8. The largest absolute Gasteiger partial charge is 0.352 e. The van der Waals surface area contributed by atoms with Crippen LogP contribution in [-0.4, -0.2) is 50.0 Å². The van der Waals surface area contributed by atoms with Crippen LogP contribution >= 0.6 is 39.1 Å². The van der Waals surface area contributed by atoms with Crippen LogP contribution < -0.4 is 9.62 Å². The van der Waals surface area contributed by atoms with Crippen molar-refractivity contribution < 1.29 is 18.0 Å². The van der Waals surface area contributed by atoms with Crippen LogP contribution in [0.3, 0.4) is 0 Å². The lowest BCUT2D eigenvalue weighted by molar-refractivity contribution is -0.140. The van der Waals surface area contributed by atoms with Crippen LogP contribution in [0.15, 0.2) is 46.9 Å². The summed E-state index contributed by atoms with van der Waals surface area (Å²) < 4.78 is 27.1. The van der Waals surface area contributed by atoms with Crippen LogP contribution in [0, 0.1) is 0 Å². The van der Waals surface area contributed by atoms with Crippen molar-refractivity contribution in [2.45, 2.75) is 64.1 Å². The van der Waals surface area contributed by atoms with Crippen molar-refractivity contribution in [2.75, 3.05) is 17.1 Å². The molecule has 0 bridgehead atoms. The number of sulfonamides is 1. The van der Waals surface area contributed by atoms with Crippen molar-refractivity contribution in [3.05, 3.63) is 62.5 Å². The summed E-state index contributed by atoms with van der Waals surface area (Å²) in [6.45, 7) is 1.44. The van der Waals surface area contributed by atoms with E-state index in [1.165, 1.54) is 4.90 Å². The summed E-state index contributed by atoms with van der Waals surface area (Å²) in [7, 11) is -3.81. The molecule has 202 valence electrons. The third-order valence-electron chi connectivity index (χ3n) is 6.47. The number of nitrogens with one attached hydrogen (secondary N) is 1. The number of anilines is 1. The van der Waals surface area contributed by atoms with Gasteiger partial charge in [0.2, 0.25) is 21.8 Å². The smallest absolute Gasteiger partial charge is 0.244 e. The van der Waals surface area contributed by atoms with Crippen molar-refractivity contribution in [2.24, 2.45) is 0 Å². The van der Waals surface area contributed by atoms with Gasteiger partial charge in [0.1, 0.15) is 12.6 Å². The summed E-state index contributed by atoms with van der Waals surface area (Å²) >= 11 is 15.7. The van der Waals surface area contributed by atoms with Crippen LogP contribution in [-0.2, 0) is 26.2 Å². The van der Waals surface area contributed by atoms with Gasteiger partial charge in [0.25, 0.3) is 0 Å². The van der Waals surface area contributed by atoms with Crippen molar-refractivity contribution in [3.63, 3.8) is 0 Å². The van der Waals surface area contributed by atoms with Gasteiger partial charge in [-0.2, -0.15) is 0 Å². The Hall–Kier alpha value is -1.81. The molecule has 2 aromatic carbocycles. The Morgan fingerprint density at radius 3 is 2.35 bits per heavy atom. The number of benzene rings is 2. The van der Waals surface area contributed by atoms with Crippen LogP contribution in [0.5, 0.6) is 0 Å². The second kappa shape index (κ2) is 13.3. The molecule has 11 heteroatoms. The fourth-order valence-corrected chi connectivity index (χ4v) is 6.35. The van der Waals surface area contributed by atoms with E-state index in [1.54, 1.807) is 42.5 Å². The first-order valence-electron chi connectivity index (χ1n) is 12.3. The zero-order valence-corrected chi connectivity index (χ0v) is 24.8. The molecule has 0 aromatic heterocycles. The minimum Gasteiger partial charge on any atom is -0.352 e. The third kappa shape index (κ3) is 8.09. The normalized spacial score (nSPS) is 15.2. The standard InChI is InChI=1S/C26H32BrCl2N3O4S/c1-3-23(26(34)30-19-9-5-4-6-10-19)31(16-18-13-14-21(28)22(29)15-18)25(33)17-32(37(2,35)36)24-12-8-7-11-20(24)27/h7-8,11-15,19,23H,3-6,9-10,16-17H2,1-2H3,(H,30,34). The lowest BCUT2D eigenvalue weighted by atomic mass is 9.95. The average Bonchev–Trinajstić information content (AvgIpc) is 2.85. The van der Waals surface area contributed by atoms with E-state index < -0.39 is 28.5 Å². The average molecular weight is 633 g/mol. The number of rotatable bonds is 10. The van der Waals surface area contributed by atoms with Gasteiger partial charge in [0.05, 0.1) is 22.0 Å². The molecular weight excluding hydrogens is 601 g/mol. The molecule has 1 aliphatic carbocycles. The minimum absolute atomic E-state index is 0.0693. The van der Waals surface area contributed by atoms with Gasteiger partial charge in [-0.05, 0) is 65.0 Å². The molecule has 3 rings (SSSR count). The van der Waals surface area contributed by atoms with Gasteiger partial charge in [-0.25, -0.2) is 8.42 Å². The maximum atomic E-state index is 13.8. The second-order valence-electron chi connectivity index (χ2n) is 9.26. The van der Waals surface area contributed by atoms with E-state index in [1.807, 2.05) is 6.92 Å². The SMILES string of the molecule is CCC(C(=O)NC1CCCCC1)N(Cc1ccc(Cl)c(Cl)c1)C(=O)CN(c1ccccc1Br)S(C)(=O)=O. The van der Waals surface area contributed by atoms with Crippen LogP contribution in [0.2, 0.25) is 10.0 Å². The number of hydrogen-bond donors (Lipinski definition) is 1. The predicted molar refractivity (Wildman–Crippen MR) is 152 cm³/mol. The summed E-state index contributed by atoms with van der Waals surface area (Å²) in [4.78, 5) is 28.7. The first-order valence-corrected chi connectivity index (χ1v) is 15.7. The predicted octanol–water partition coefficient (Wildman–Crippen LogP) is 5.78. The summed E-state index contributed by atoms with van der Waals surface area (Å²) in [6, 6.07) is 11.1. The molecule has 1 N–H and O–H groups in total. The molecule has 37 heavy (non-hydrogen) atoms. The molecule has 2 amide bonds. The number of carbonyl (C=O) groups is 2. The van der Waals surface area contributed by atoms with Gasteiger partial charge >= 0.3 is 0 Å². The number of para-hydroxylation sites is 1. The van der Waals surface area contributed by atoms with Crippen molar-refractivity contribution in [1.29, 1.82) is 0 Å². The highest BCUT2D eigenvalue weighted by Gasteiger charge is 2.33. The summed E-state index contributed by atoms with van der Waals surface area (Å²) in [5.74, 6) is -0.743. The van der Waals surface area contributed by atoms with E-state index in [0.717, 1.165) is 42.7 Å². The molecule has 0 radical (unpaired) electrons. The highest BCUT2D eigenvalue weighted by molar-refractivity contribution is 9.10. The first-order chi connectivity index (χ1) is 17.5. The minimum atomic E-state index is -3.81. The van der Waals surface area contributed by atoms with Crippen molar-refractivity contribution in [3.8, 4) is 0 Å². The fraction of sp³-hybridized carbons (Fsp3) is 0.462.